The Morgan fingerprint density at radius 3 is 2.68 bits per heavy atom. The molecule has 2 aromatic heterocycles. The smallest absolute Gasteiger partial charge is 0.160 e. The van der Waals surface area contributed by atoms with E-state index in [9.17, 15) is 8.78 Å². The van der Waals surface area contributed by atoms with Crippen molar-refractivity contribution in [3.05, 3.63) is 60.6 Å². The maximum Gasteiger partial charge on any atom is 0.160 e. The molecule has 94 valence electrons. The Morgan fingerprint density at radius 1 is 1.05 bits per heavy atom. The molecule has 0 aliphatic carbocycles. The third-order valence-corrected chi connectivity index (χ3v) is 2.62. The molecule has 3 aromatic rings. The topological polar surface area (TPSA) is 43.6 Å². The van der Waals surface area contributed by atoms with Gasteiger partial charge in [-0.25, -0.2) is 13.5 Å². The molecule has 0 unspecified atom stereocenters. The summed E-state index contributed by atoms with van der Waals surface area (Å²) in [5.74, 6) is -1.81. The molecule has 4 nitrogen and oxygen atoms in total. The van der Waals surface area contributed by atoms with Gasteiger partial charge < -0.3 is 0 Å². The van der Waals surface area contributed by atoms with Gasteiger partial charge in [-0.15, -0.1) is 5.10 Å². The summed E-state index contributed by atoms with van der Waals surface area (Å²) in [5, 5.41) is 7.86. The molecule has 19 heavy (non-hydrogen) atoms. The van der Waals surface area contributed by atoms with Crippen molar-refractivity contribution in [3.63, 3.8) is 0 Å². The molecule has 0 aliphatic rings. The summed E-state index contributed by atoms with van der Waals surface area (Å²) >= 11 is 0. The van der Waals surface area contributed by atoms with Gasteiger partial charge in [0.05, 0.1) is 11.9 Å². The molecule has 0 fully saturated rings. The highest BCUT2D eigenvalue weighted by atomic mass is 19.2. The van der Waals surface area contributed by atoms with Gasteiger partial charge in [0.25, 0.3) is 0 Å². The van der Waals surface area contributed by atoms with Gasteiger partial charge in [0, 0.05) is 24.0 Å². The summed E-state index contributed by atoms with van der Waals surface area (Å²) in [5.41, 5.74) is 1.82. The minimum Gasteiger partial charge on any atom is -0.264 e. The molecular formula is C13H8F2N4. The molecule has 0 radical (unpaired) electrons. The second kappa shape index (κ2) is 4.56. The highest BCUT2D eigenvalue weighted by molar-refractivity contribution is 5.56. The normalized spacial score (nSPS) is 10.6. The lowest BCUT2D eigenvalue weighted by atomic mass is 10.2. The number of rotatable bonds is 2. The van der Waals surface area contributed by atoms with Gasteiger partial charge >= 0.3 is 0 Å². The van der Waals surface area contributed by atoms with E-state index in [0.29, 0.717) is 11.4 Å². The van der Waals surface area contributed by atoms with E-state index in [4.69, 9.17) is 0 Å². The van der Waals surface area contributed by atoms with E-state index < -0.39 is 11.6 Å². The Hall–Kier alpha value is -2.63. The molecule has 0 amide bonds. The lowest BCUT2D eigenvalue weighted by Crippen LogP contribution is -1.96. The minimum absolute atomic E-state index is 0.404. The van der Waals surface area contributed by atoms with Crippen LogP contribution in [-0.4, -0.2) is 20.0 Å². The van der Waals surface area contributed by atoms with Gasteiger partial charge in [-0.1, -0.05) is 5.21 Å². The molecular weight excluding hydrogens is 250 g/mol. The van der Waals surface area contributed by atoms with Crippen molar-refractivity contribution in [3.8, 4) is 16.9 Å². The van der Waals surface area contributed by atoms with Crippen molar-refractivity contribution in [1.29, 1.82) is 0 Å². The van der Waals surface area contributed by atoms with Crippen LogP contribution in [0, 0.1) is 11.6 Å². The van der Waals surface area contributed by atoms with Crippen molar-refractivity contribution in [2.45, 2.75) is 0 Å². The summed E-state index contributed by atoms with van der Waals surface area (Å²) in [7, 11) is 0. The summed E-state index contributed by atoms with van der Waals surface area (Å²) < 4.78 is 27.4. The van der Waals surface area contributed by atoms with Crippen LogP contribution in [0.1, 0.15) is 0 Å². The number of hydrogen-bond acceptors (Lipinski definition) is 3. The van der Waals surface area contributed by atoms with Crippen molar-refractivity contribution in [2.75, 3.05) is 0 Å². The number of benzene rings is 1. The molecule has 0 N–H and O–H groups in total. The first-order chi connectivity index (χ1) is 9.24. The third kappa shape index (κ3) is 2.20. The van der Waals surface area contributed by atoms with Crippen molar-refractivity contribution in [1.82, 2.24) is 20.0 Å². The predicted octanol–water partition coefficient (Wildman–Crippen LogP) is 2.61. The second-order valence-corrected chi connectivity index (χ2v) is 3.89. The average molecular weight is 258 g/mol. The van der Waals surface area contributed by atoms with Crippen LogP contribution in [0.4, 0.5) is 8.78 Å². The van der Waals surface area contributed by atoms with Crippen molar-refractivity contribution < 1.29 is 8.78 Å². The summed E-state index contributed by atoms with van der Waals surface area (Å²) in [6.45, 7) is 0. The fourth-order valence-electron chi connectivity index (χ4n) is 1.66. The highest BCUT2D eigenvalue weighted by Gasteiger charge is 2.08. The molecule has 1 aromatic carbocycles. The first-order valence-electron chi connectivity index (χ1n) is 5.52. The summed E-state index contributed by atoms with van der Waals surface area (Å²) in [4.78, 5) is 3.98. The minimum atomic E-state index is -0.920. The van der Waals surface area contributed by atoms with E-state index >= 15 is 0 Å². The largest absolute Gasteiger partial charge is 0.264 e. The number of hydrogen-bond donors (Lipinski definition) is 0. The van der Waals surface area contributed by atoms with E-state index in [0.717, 1.165) is 17.7 Å². The Labute approximate surface area is 107 Å². The van der Waals surface area contributed by atoms with Gasteiger partial charge in [-0.3, -0.25) is 4.98 Å². The maximum absolute atomic E-state index is 13.1. The zero-order valence-corrected chi connectivity index (χ0v) is 9.66. The average Bonchev–Trinajstić information content (AvgIpc) is 2.93. The van der Waals surface area contributed by atoms with E-state index in [-0.39, 0.29) is 0 Å². The summed E-state index contributed by atoms with van der Waals surface area (Å²) in [6, 6.07) is 7.17. The van der Waals surface area contributed by atoms with Crippen LogP contribution in [0.25, 0.3) is 16.9 Å². The molecule has 3 rings (SSSR count). The van der Waals surface area contributed by atoms with E-state index in [1.54, 1.807) is 24.7 Å². The Kier molecular flexibility index (Phi) is 2.75. The van der Waals surface area contributed by atoms with Gasteiger partial charge in [-0.2, -0.15) is 0 Å². The van der Waals surface area contributed by atoms with Crippen LogP contribution < -0.4 is 0 Å². The van der Waals surface area contributed by atoms with E-state index in [2.05, 4.69) is 15.3 Å². The van der Waals surface area contributed by atoms with E-state index in [1.165, 1.54) is 10.7 Å². The van der Waals surface area contributed by atoms with E-state index in [1.807, 2.05) is 6.07 Å². The molecule has 0 atom stereocenters. The number of halogens is 2. The molecule has 0 aliphatic heterocycles. The lowest BCUT2D eigenvalue weighted by Gasteiger charge is -2.00. The number of pyridine rings is 1. The molecule has 0 saturated carbocycles. The van der Waals surface area contributed by atoms with Gasteiger partial charge in [0.1, 0.15) is 5.69 Å². The standard InChI is InChI=1S/C13H8F2N4/c14-11-4-3-10(6-12(11)15)19-8-13(17-18-19)9-2-1-5-16-7-9/h1-8H. The maximum atomic E-state index is 13.1. The number of aromatic nitrogens is 4. The number of nitrogens with zero attached hydrogens (tertiary/aromatic N) is 4. The first kappa shape index (κ1) is 11.5. The van der Waals surface area contributed by atoms with Gasteiger partial charge in [0.2, 0.25) is 0 Å². The SMILES string of the molecule is Fc1ccc(-n2cc(-c3cccnc3)nn2)cc1F. The Morgan fingerprint density at radius 2 is 1.95 bits per heavy atom. The molecule has 2 heterocycles. The van der Waals surface area contributed by atoms with Crippen LogP contribution in [0.3, 0.4) is 0 Å². The van der Waals surface area contributed by atoms with Crippen LogP contribution in [0.2, 0.25) is 0 Å². The Balaban J connectivity index is 1.99. The fraction of sp³-hybridized carbons (Fsp3) is 0. The van der Waals surface area contributed by atoms with Crippen LogP contribution >= 0.6 is 0 Å². The fourth-order valence-corrected chi connectivity index (χ4v) is 1.66. The zero-order valence-electron chi connectivity index (χ0n) is 9.66. The lowest BCUT2D eigenvalue weighted by molar-refractivity contribution is 0.507. The quantitative estimate of drug-likeness (QED) is 0.709. The predicted molar refractivity (Wildman–Crippen MR) is 64.5 cm³/mol. The third-order valence-electron chi connectivity index (χ3n) is 2.62. The van der Waals surface area contributed by atoms with Crippen LogP contribution in [0.5, 0.6) is 0 Å². The first-order valence-corrected chi connectivity index (χ1v) is 5.52. The Bertz CT molecular complexity index is 710. The van der Waals surface area contributed by atoms with Gasteiger partial charge in [0.15, 0.2) is 11.6 Å². The van der Waals surface area contributed by atoms with Crippen LogP contribution in [0.15, 0.2) is 48.9 Å². The highest BCUT2D eigenvalue weighted by Crippen LogP contribution is 2.17. The molecule has 6 heteroatoms. The van der Waals surface area contributed by atoms with Crippen LogP contribution in [-0.2, 0) is 0 Å². The summed E-state index contributed by atoms with van der Waals surface area (Å²) in [6.07, 6.45) is 4.94. The second-order valence-electron chi connectivity index (χ2n) is 3.89. The zero-order chi connectivity index (χ0) is 13.2. The van der Waals surface area contributed by atoms with Gasteiger partial charge in [-0.05, 0) is 24.3 Å². The van der Waals surface area contributed by atoms with Crippen molar-refractivity contribution >= 4 is 0 Å². The monoisotopic (exact) mass is 258 g/mol. The molecule has 0 bridgehead atoms. The van der Waals surface area contributed by atoms with Crippen molar-refractivity contribution in [2.24, 2.45) is 0 Å². The molecule has 0 saturated heterocycles. The molecule has 0 spiro atoms.